The summed E-state index contributed by atoms with van der Waals surface area (Å²) >= 11 is 5.84. The molecule has 1 aliphatic carbocycles. The summed E-state index contributed by atoms with van der Waals surface area (Å²) in [7, 11) is 0. The zero-order chi connectivity index (χ0) is 11.6. The molecule has 0 aromatic heterocycles. The maximum atomic E-state index is 12.0. The molecule has 0 atom stereocenters. The lowest BCUT2D eigenvalue weighted by atomic mass is 9.98. The highest BCUT2D eigenvalue weighted by Gasteiger charge is 2.36. The molecule has 0 unspecified atom stereocenters. The van der Waals surface area contributed by atoms with Crippen LogP contribution in [0.5, 0.6) is 0 Å². The third-order valence-electron chi connectivity index (χ3n) is 3.03. The number of nitrogens with one attached hydrogen (secondary N) is 1. The van der Waals surface area contributed by atoms with Crippen LogP contribution in [-0.4, -0.2) is 11.4 Å². The van der Waals surface area contributed by atoms with E-state index in [-0.39, 0.29) is 18.3 Å². The number of anilines is 1. The highest BCUT2D eigenvalue weighted by atomic mass is 35.5. The number of hydrogen-bond donors (Lipinski definition) is 2. The Morgan fingerprint density at radius 1 is 1.35 bits per heavy atom. The molecule has 0 heterocycles. The molecule has 5 heteroatoms. The van der Waals surface area contributed by atoms with Crippen LogP contribution in [0.25, 0.3) is 0 Å². The van der Waals surface area contributed by atoms with Gasteiger partial charge < -0.3 is 11.1 Å². The quantitative estimate of drug-likeness (QED) is 0.871. The van der Waals surface area contributed by atoms with Gasteiger partial charge in [0, 0.05) is 10.7 Å². The average molecular weight is 275 g/mol. The number of carbonyl (C=O) groups excluding carboxylic acids is 1. The molecule has 0 radical (unpaired) electrons. The molecular formula is C12H16Cl2N2O. The Morgan fingerprint density at radius 2 is 2.00 bits per heavy atom. The fraction of sp³-hybridized carbons (Fsp3) is 0.417. The van der Waals surface area contributed by atoms with Crippen LogP contribution in [-0.2, 0) is 4.79 Å². The average Bonchev–Trinajstić information content (AvgIpc) is 2.66. The molecule has 94 valence electrons. The minimum atomic E-state index is -0.692. The van der Waals surface area contributed by atoms with Gasteiger partial charge >= 0.3 is 0 Å². The predicted octanol–water partition coefficient (Wildman–Crippen LogP) is 2.97. The van der Waals surface area contributed by atoms with Crippen LogP contribution in [0.15, 0.2) is 24.3 Å². The molecule has 2 rings (SSSR count). The van der Waals surface area contributed by atoms with Crippen LogP contribution >= 0.6 is 24.0 Å². The third-order valence-corrected chi connectivity index (χ3v) is 3.27. The minimum absolute atomic E-state index is 0. The van der Waals surface area contributed by atoms with Gasteiger partial charge in [0.25, 0.3) is 0 Å². The van der Waals surface area contributed by atoms with Crippen molar-refractivity contribution < 1.29 is 4.79 Å². The Bertz CT molecular complexity index is 403. The number of hydrogen-bond acceptors (Lipinski definition) is 2. The van der Waals surface area contributed by atoms with Gasteiger partial charge in [-0.2, -0.15) is 0 Å². The van der Waals surface area contributed by atoms with E-state index in [4.69, 9.17) is 17.3 Å². The van der Waals surface area contributed by atoms with Crippen molar-refractivity contribution in [3.05, 3.63) is 29.3 Å². The number of halogens is 2. The maximum absolute atomic E-state index is 12.0. The van der Waals surface area contributed by atoms with E-state index >= 15 is 0 Å². The third kappa shape index (κ3) is 3.35. The Morgan fingerprint density at radius 3 is 2.59 bits per heavy atom. The Kier molecular flexibility index (Phi) is 4.80. The van der Waals surface area contributed by atoms with E-state index < -0.39 is 5.54 Å². The molecule has 3 N–H and O–H groups in total. The van der Waals surface area contributed by atoms with Gasteiger partial charge in [0.1, 0.15) is 0 Å². The van der Waals surface area contributed by atoms with E-state index in [9.17, 15) is 4.79 Å². The second-order valence-corrected chi connectivity index (χ2v) is 4.76. The fourth-order valence-electron chi connectivity index (χ4n) is 2.05. The van der Waals surface area contributed by atoms with E-state index in [0.29, 0.717) is 10.7 Å². The maximum Gasteiger partial charge on any atom is 0.244 e. The molecule has 1 fully saturated rings. The number of carbonyl (C=O) groups is 1. The molecule has 0 spiro atoms. The topological polar surface area (TPSA) is 55.1 Å². The summed E-state index contributed by atoms with van der Waals surface area (Å²) < 4.78 is 0. The summed E-state index contributed by atoms with van der Waals surface area (Å²) in [6.07, 6.45) is 3.58. The summed E-state index contributed by atoms with van der Waals surface area (Å²) in [5, 5.41) is 3.42. The molecule has 1 aliphatic rings. The summed E-state index contributed by atoms with van der Waals surface area (Å²) in [4.78, 5) is 12.0. The Balaban J connectivity index is 0.00000144. The molecule has 0 bridgehead atoms. The molecule has 1 aromatic carbocycles. The summed E-state index contributed by atoms with van der Waals surface area (Å²) in [5.74, 6) is -0.104. The number of amides is 1. The highest BCUT2D eigenvalue weighted by molar-refractivity contribution is 6.30. The molecule has 1 saturated carbocycles. The molecular weight excluding hydrogens is 259 g/mol. The van der Waals surface area contributed by atoms with E-state index in [2.05, 4.69) is 5.32 Å². The van der Waals surface area contributed by atoms with Gasteiger partial charge in [0.2, 0.25) is 5.91 Å². The van der Waals surface area contributed by atoms with E-state index in [1.54, 1.807) is 18.2 Å². The molecule has 1 aromatic rings. The van der Waals surface area contributed by atoms with Crippen molar-refractivity contribution in [3.8, 4) is 0 Å². The van der Waals surface area contributed by atoms with Gasteiger partial charge in [-0.15, -0.1) is 12.4 Å². The summed E-state index contributed by atoms with van der Waals surface area (Å²) in [6, 6.07) is 7.10. The molecule has 0 saturated heterocycles. The number of rotatable bonds is 2. The van der Waals surface area contributed by atoms with E-state index in [1.165, 1.54) is 0 Å². The summed E-state index contributed by atoms with van der Waals surface area (Å²) in [6.45, 7) is 0. The summed E-state index contributed by atoms with van der Waals surface area (Å²) in [5.41, 5.74) is 6.05. The first-order valence-electron chi connectivity index (χ1n) is 5.46. The second-order valence-electron chi connectivity index (χ2n) is 4.33. The van der Waals surface area contributed by atoms with Crippen molar-refractivity contribution in [2.45, 2.75) is 31.2 Å². The van der Waals surface area contributed by atoms with Gasteiger partial charge in [0.05, 0.1) is 5.54 Å². The van der Waals surface area contributed by atoms with E-state index in [0.717, 1.165) is 25.7 Å². The smallest absolute Gasteiger partial charge is 0.244 e. The van der Waals surface area contributed by atoms with Gasteiger partial charge in [-0.1, -0.05) is 30.5 Å². The first-order valence-corrected chi connectivity index (χ1v) is 5.84. The zero-order valence-electron chi connectivity index (χ0n) is 9.41. The van der Waals surface area contributed by atoms with Crippen molar-refractivity contribution in [2.24, 2.45) is 5.73 Å². The fourth-order valence-corrected chi connectivity index (χ4v) is 2.25. The Labute approximate surface area is 112 Å². The molecule has 0 aliphatic heterocycles. The normalized spacial score (nSPS) is 17.3. The van der Waals surface area contributed by atoms with Gasteiger partial charge in [-0.05, 0) is 31.0 Å². The standard InChI is InChI=1S/C12H15ClN2O.ClH/c13-9-4-3-5-10(8-9)15-11(16)12(14)6-1-2-7-12;/h3-5,8H,1-2,6-7,14H2,(H,15,16);1H. The van der Waals surface area contributed by atoms with Crippen LogP contribution in [0.2, 0.25) is 5.02 Å². The SMILES string of the molecule is Cl.NC1(C(=O)Nc2cccc(Cl)c2)CCCC1. The van der Waals surface area contributed by atoms with Crippen LogP contribution in [0, 0.1) is 0 Å². The van der Waals surface area contributed by atoms with Crippen LogP contribution < -0.4 is 11.1 Å². The van der Waals surface area contributed by atoms with Gasteiger partial charge in [-0.3, -0.25) is 4.79 Å². The number of benzene rings is 1. The monoisotopic (exact) mass is 274 g/mol. The lowest BCUT2D eigenvalue weighted by Gasteiger charge is -2.22. The van der Waals surface area contributed by atoms with Crippen LogP contribution in [0.4, 0.5) is 5.69 Å². The highest BCUT2D eigenvalue weighted by Crippen LogP contribution is 2.28. The van der Waals surface area contributed by atoms with Crippen LogP contribution in [0.1, 0.15) is 25.7 Å². The van der Waals surface area contributed by atoms with Crippen molar-refractivity contribution in [1.82, 2.24) is 0 Å². The van der Waals surface area contributed by atoms with E-state index in [1.807, 2.05) is 6.07 Å². The first-order chi connectivity index (χ1) is 7.60. The lowest BCUT2D eigenvalue weighted by Crippen LogP contribution is -2.48. The Hall–Kier alpha value is -0.770. The van der Waals surface area contributed by atoms with Gasteiger partial charge in [-0.25, -0.2) is 0 Å². The predicted molar refractivity (Wildman–Crippen MR) is 72.7 cm³/mol. The molecule has 17 heavy (non-hydrogen) atoms. The zero-order valence-corrected chi connectivity index (χ0v) is 11.0. The van der Waals surface area contributed by atoms with Crippen molar-refractivity contribution in [2.75, 3.05) is 5.32 Å². The van der Waals surface area contributed by atoms with Crippen molar-refractivity contribution in [3.63, 3.8) is 0 Å². The van der Waals surface area contributed by atoms with Crippen LogP contribution in [0.3, 0.4) is 0 Å². The lowest BCUT2D eigenvalue weighted by molar-refractivity contribution is -0.121. The van der Waals surface area contributed by atoms with Crippen molar-refractivity contribution in [1.29, 1.82) is 0 Å². The van der Waals surface area contributed by atoms with Gasteiger partial charge in [0.15, 0.2) is 0 Å². The van der Waals surface area contributed by atoms with Crippen molar-refractivity contribution >= 4 is 35.6 Å². The number of nitrogens with two attached hydrogens (primary N) is 1. The molecule has 1 amide bonds. The second kappa shape index (κ2) is 5.71. The molecule has 3 nitrogen and oxygen atoms in total. The largest absolute Gasteiger partial charge is 0.324 e. The minimum Gasteiger partial charge on any atom is -0.324 e. The first kappa shape index (κ1) is 14.3.